The molecular weight excluding hydrogens is 256 g/mol. The Bertz CT molecular complexity index is 775. The molecule has 20 heavy (non-hydrogen) atoms. The first-order valence-corrected chi connectivity index (χ1v) is 6.04. The minimum absolute atomic E-state index is 0.193. The number of benzene rings is 2. The first-order valence-electron chi connectivity index (χ1n) is 6.04. The molecule has 0 unspecified atom stereocenters. The van der Waals surface area contributed by atoms with Crippen LogP contribution in [0.3, 0.4) is 0 Å². The fraction of sp³-hybridized carbons (Fsp3) is 0.0667. The highest BCUT2D eigenvalue weighted by Gasteiger charge is 2.14. The van der Waals surface area contributed by atoms with Crippen LogP contribution in [0.15, 0.2) is 42.7 Å². The summed E-state index contributed by atoms with van der Waals surface area (Å²) in [6.45, 7) is 0. The largest absolute Gasteiger partial charge is 0.497 e. The second-order valence-corrected chi connectivity index (χ2v) is 4.32. The Morgan fingerprint density at radius 3 is 2.60 bits per heavy atom. The maximum absolute atomic E-state index is 11.2. The zero-order chi connectivity index (χ0) is 14.1. The monoisotopic (exact) mass is 268 g/mol. The number of rotatable bonds is 3. The lowest BCUT2D eigenvalue weighted by atomic mass is 10.0. The smallest absolute Gasteiger partial charge is 0.337 e. The number of imidazole rings is 1. The van der Waals surface area contributed by atoms with Crippen molar-refractivity contribution >= 4 is 17.0 Å². The number of carboxylic acid groups (broad SMARTS) is 1. The van der Waals surface area contributed by atoms with E-state index < -0.39 is 5.97 Å². The van der Waals surface area contributed by atoms with Crippen LogP contribution in [0, 0.1) is 0 Å². The number of methoxy groups -OCH3 is 1. The van der Waals surface area contributed by atoms with Gasteiger partial charge in [0.15, 0.2) is 0 Å². The quantitative estimate of drug-likeness (QED) is 0.765. The topological polar surface area (TPSA) is 75.2 Å². The van der Waals surface area contributed by atoms with Crippen molar-refractivity contribution in [1.29, 1.82) is 0 Å². The van der Waals surface area contributed by atoms with Crippen molar-refractivity contribution in [3.8, 4) is 16.9 Å². The number of carbonyl (C=O) groups is 1. The number of carboxylic acids is 1. The molecule has 0 aliphatic rings. The minimum atomic E-state index is -0.983. The van der Waals surface area contributed by atoms with Crippen molar-refractivity contribution < 1.29 is 14.6 Å². The molecule has 0 aliphatic heterocycles. The Morgan fingerprint density at radius 1 is 1.20 bits per heavy atom. The summed E-state index contributed by atoms with van der Waals surface area (Å²) < 4.78 is 5.13. The van der Waals surface area contributed by atoms with Crippen LogP contribution in [0.5, 0.6) is 5.75 Å². The van der Waals surface area contributed by atoms with E-state index in [-0.39, 0.29) is 5.56 Å². The standard InChI is InChI=1S/C15H12N2O3/c1-20-10-4-2-9(3-5-10)11-6-7-12(15(18)19)14-13(11)16-8-17-14/h2-8H,1H3,(H,16,17)(H,18,19). The second kappa shape index (κ2) is 4.70. The maximum atomic E-state index is 11.2. The van der Waals surface area contributed by atoms with Crippen molar-refractivity contribution in [2.45, 2.75) is 0 Å². The summed E-state index contributed by atoms with van der Waals surface area (Å²) in [6.07, 6.45) is 1.50. The summed E-state index contributed by atoms with van der Waals surface area (Å²) in [5, 5.41) is 9.16. The van der Waals surface area contributed by atoms with Crippen molar-refractivity contribution in [3.05, 3.63) is 48.3 Å². The summed E-state index contributed by atoms with van der Waals surface area (Å²) in [4.78, 5) is 18.3. The lowest BCUT2D eigenvalue weighted by Crippen LogP contribution is -1.98. The molecule has 3 rings (SSSR count). The van der Waals surface area contributed by atoms with Gasteiger partial charge in [0.1, 0.15) is 11.3 Å². The number of aromatic amines is 1. The van der Waals surface area contributed by atoms with Crippen LogP contribution in [-0.2, 0) is 0 Å². The summed E-state index contributed by atoms with van der Waals surface area (Å²) in [6, 6.07) is 10.9. The Labute approximate surface area is 114 Å². The third kappa shape index (κ3) is 1.89. The number of ether oxygens (including phenoxy) is 1. The SMILES string of the molecule is COc1ccc(-c2ccc(C(=O)O)c3nc[nH]c23)cc1. The average Bonchev–Trinajstić information content (AvgIpc) is 2.95. The van der Waals surface area contributed by atoms with Gasteiger partial charge in [0.2, 0.25) is 0 Å². The molecule has 0 atom stereocenters. The van der Waals surface area contributed by atoms with Gasteiger partial charge < -0.3 is 14.8 Å². The first kappa shape index (κ1) is 12.2. The Balaban J connectivity index is 2.19. The van der Waals surface area contributed by atoms with Gasteiger partial charge in [-0.3, -0.25) is 0 Å². The molecule has 0 amide bonds. The van der Waals surface area contributed by atoms with E-state index in [2.05, 4.69) is 9.97 Å². The molecule has 0 saturated carbocycles. The van der Waals surface area contributed by atoms with Crippen molar-refractivity contribution in [3.63, 3.8) is 0 Å². The lowest BCUT2D eigenvalue weighted by molar-refractivity contribution is 0.0699. The van der Waals surface area contributed by atoms with Crippen molar-refractivity contribution in [2.75, 3.05) is 7.11 Å². The van der Waals surface area contributed by atoms with Crippen LogP contribution in [-0.4, -0.2) is 28.2 Å². The number of fused-ring (bicyclic) bond motifs is 1. The molecule has 0 spiro atoms. The van der Waals surface area contributed by atoms with Crippen LogP contribution in [0.2, 0.25) is 0 Å². The number of nitrogens with zero attached hydrogens (tertiary/aromatic N) is 1. The zero-order valence-corrected chi connectivity index (χ0v) is 10.8. The first-order chi connectivity index (χ1) is 9.70. The van der Waals surface area contributed by atoms with E-state index in [1.807, 2.05) is 24.3 Å². The maximum Gasteiger partial charge on any atom is 0.337 e. The summed E-state index contributed by atoms with van der Waals surface area (Å²) in [5.41, 5.74) is 3.25. The van der Waals surface area contributed by atoms with Crippen LogP contribution < -0.4 is 4.74 Å². The number of H-pyrrole nitrogens is 1. The van der Waals surface area contributed by atoms with Gasteiger partial charge in [-0.25, -0.2) is 9.78 Å². The molecule has 2 N–H and O–H groups in total. The molecule has 0 radical (unpaired) electrons. The van der Waals surface area contributed by atoms with Crippen LogP contribution in [0.1, 0.15) is 10.4 Å². The van der Waals surface area contributed by atoms with E-state index in [0.717, 1.165) is 22.4 Å². The second-order valence-electron chi connectivity index (χ2n) is 4.32. The lowest BCUT2D eigenvalue weighted by Gasteiger charge is -2.06. The number of aromatic carboxylic acids is 1. The molecule has 0 saturated heterocycles. The summed E-state index contributed by atoms with van der Waals surface area (Å²) in [7, 11) is 1.61. The molecule has 2 aromatic carbocycles. The molecule has 1 aromatic heterocycles. The van der Waals surface area contributed by atoms with Gasteiger partial charge in [-0.05, 0) is 23.8 Å². The van der Waals surface area contributed by atoms with Crippen molar-refractivity contribution in [2.24, 2.45) is 0 Å². The molecule has 3 aromatic rings. The molecule has 100 valence electrons. The number of hydrogen-bond donors (Lipinski definition) is 2. The zero-order valence-electron chi connectivity index (χ0n) is 10.8. The van der Waals surface area contributed by atoms with Gasteiger partial charge in [0.25, 0.3) is 0 Å². The van der Waals surface area contributed by atoms with Crippen LogP contribution >= 0.6 is 0 Å². The van der Waals surface area contributed by atoms with Crippen molar-refractivity contribution in [1.82, 2.24) is 9.97 Å². The van der Waals surface area contributed by atoms with Gasteiger partial charge in [0, 0.05) is 5.56 Å². The number of hydrogen-bond acceptors (Lipinski definition) is 3. The Morgan fingerprint density at radius 2 is 1.95 bits per heavy atom. The molecule has 5 nitrogen and oxygen atoms in total. The molecule has 0 aliphatic carbocycles. The van der Waals surface area contributed by atoms with Crippen LogP contribution in [0.25, 0.3) is 22.2 Å². The van der Waals surface area contributed by atoms with E-state index in [1.165, 1.54) is 6.33 Å². The predicted molar refractivity (Wildman–Crippen MR) is 75.0 cm³/mol. The van der Waals surface area contributed by atoms with E-state index in [1.54, 1.807) is 19.2 Å². The summed E-state index contributed by atoms with van der Waals surface area (Å²) >= 11 is 0. The molecular formula is C15H12N2O3. The molecule has 0 fully saturated rings. The average molecular weight is 268 g/mol. The highest BCUT2D eigenvalue weighted by molar-refractivity contribution is 6.05. The fourth-order valence-electron chi connectivity index (χ4n) is 2.22. The highest BCUT2D eigenvalue weighted by Crippen LogP contribution is 2.29. The Kier molecular flexibility index (Phi) is 2.87. The fourth-order valence-corrected chi connectivity index (χ4v) is 2.22. The third-order valence-corrected chi connectivity index (χ3v) is 3.21. The van der Waals surface area contributed by atoms with Gasteiger partial charge in [-0.15, -0.1) is 0 Å². The van der Waals surface area contributed by atoms with Gasteiger partial charge in [-0.1, -0.05) is 18.2 Å². The number of nitrogens with one attached hydrogen (secondary N) is 1. The normalized spacial score (nSPS) is 10.7. The van der Waals surface area contributed by atoms with Gasteiger partial charge in [0.05, 0.1) is 24.5 Å². The predicted octanol–water partition coefficient (Wildman–Crippen LogP) is 2.94. The van der Waals surface area contributed by atoms with Gasteiger partial charge >= 0.3 is 5.97 Å². The van der Waals surface area contributed by atoms with Crippen LogP contribution in [0.4, 0.5) is 0 Å². The highest BCUT2D eigenvalue weighted by atomic mass is 16.5. The van der Waals surface area contributed by atoms with Gasteiger partial charge in [-0.2, -0.15) is 0 Å². The third-order valence-electron chi connectivity index (χ3n) is 3.21. The summed E-state index contributed by atoms with van der Waals surface area (Å²) in [5.74, 6) is -0.208. The molecule has 0 bridgehead atoms. The molecule has 1 heterocycles. The van der Waals surface area contributed by atoms with E-state index in [9.17, 15) is 4.79 Å². The Hall–Kier alpha value is -2.82. The van der Waals surface area contributed by atoms with E-state index in [4.69, 9.17) is 9.84 Å². The van der Waals surface area contributed by atoms with E-state index in [0.29, 0.717) is 5.52 Å². The molecule has 5 heteroatoms. The minimum Gasteiger partial charge on any atom is -0.497 e. The number of aromatic nitrogens is 2. The van der Waals surface area contributed by atoms with E-state index >= 15 is 0 Å².